The van der Waals surface area contributed by atoms with Crippen LogP contribution in [0.15, 0.2) is 0 Å². The van der Waals surface area contributed by atoms with Gasteiger partial charge in [0.25, 0.3) is 0 Å². The van der Waals surface area contributed by atoms with Crippen LogP contribution in [0.4, 0.5) is 0 Å². The Morgan fingerprint density at radius 1 is 1.12 bits per heavy atom. The fraction of sp³-hybridized carbons (Fsp3) is 1.00. The first-order chi connectivity index (χ1) is 7.84. The third-order valence-corrected chi connectivity index (χ3v) is 3.71. The molecule has 2 heteroatoms. The fourth-order valence-corrected chi connectivity index (χ4v) is 2.55. The molecule has 2 N–H and O–H groups in total. The van der Waals surface area contributed by atoms with Crippen LogP contribution in [0.1, 0.15) is 64.7 Å². The van der Waals surface area contributed by atoms with Crippen molar-refractivity contribution in [2.24, 2.45) is 11.7 Å². The zero-order chi connectivity index (χ0) is 11.6. The summed E-state index contributed by atoms with van der Waals surface area (Å²) >= 11 is 0. The van der Waals surface area contributed by atoms with Crippen molar-refractivity contribution in [3.63, 3.8) is 0 Å². The van der Waals surface area contributed by atoms with Crippen molar-refractivity contribution >= 4 is 0 Å². The Morgan fingerprint density at radius 2 is 1.81 bits per heavy atom. The highest BCUT2D eigenvalue weighted by molar-refractivity contribution is 4.77. The van der Waals surface area contributed by atoms with Crippen LogP contribution in [0.5, 0.6) is 0 Å². The molecule has 0 radical (unpaired) electrons. The third kappa shape index (κ3) is 5.86. The molecule has 2 nitrogen and oxygen atoms in total. The molecule has 16 heavy (non-hydrogen) atoms. The summed E-state index contributed by atoms with van der Waals surface area (Å²) in [5.41, 5.74) is 6.12. The minimum absolute atomic E-state index is 0.290. The summed E-state index contributed by atoms with van der Waals surface area (Å²) in [6.45, 7) is 3.93. The van der Waals surface area contributed by atoms with Crippen molar-refractivity contribution in [3.05, 3.63) is 0 Å². The molecule has 1 aliphatic rings. The van der Waals surface area contributed by atoms with Gasteiger partial charge in [0, 0.05) is 12.6 Å². The van der Waals surface area contributed by atoms with Gasteiger partial charge < -0.3 is 10.5 Å². The Bertz CT molecular complexity index is 155. The van der Waals surface area contributed by atoms with Crippen LogP contribution in [0.2, 0.25) is 0 Å². The number of nitrogens with two attached hydrogens (primary N) is 1. The highest BCUT2D eigenvalue weighted by atomic mass is 16.5. The monoisotopic (exact) mass is 227 g/mol. The van der Waals surface area contributed by atoms with E-state index in [4.69, 9.17) is 10.5 Å². The summed E-state index contributed by atoms with van der Waals surface area (Å²) in [6, 6.07) is 0.290. The number of unbranched alkanes of at least 4 members (excludes halogenated alkanes) is 4. The van der Waals surface area contributed by atoms with Gasteiger partial charge in [-0.25, -0.2) is 0 Å². The molecule has 1 saturated carbocycles. The van der Waals surface area contributed by atoms with E-state index in [2.05, 4.69) is 6.92 Å². The van der Waals surface area contributed by atoms with Crippen molar-refractivity contribution in [1.82, 2.24) is 0 Å². The van der Waals surface area contributed by atoms with Gasteiger partial charge in [-0.15, -0.1) is 0 Å². The maximum atomic E-state index is 6.12. The van der Waals surface area contributed by atoms with Gasteiger partial charge in [0.1, 0.15) is 0 Å². The van der Waals surface area contributed by atoms with E-state index in [0.29, 0.717) is 0 Å². The molecular weight excluding hydrogens is 198 g/mol. The second kappa shape index (κ2) is 9.00. The van der Waals surface area contributed by atoms with Crippen LogP contribution in [0.3, 0.4) is 0 Å². The summed E-state index contributed by atoms with van der Waals surface area (Å²) in [5.74, 6) is 0.736. The first-order valence-corrected chi connectivity index (χ1v) is 7.18. The van der Waals surface area contributed by atoms with E-state index in [-0.39, 0.29) is 6.04 Å². The normalized spacial score (nSPS) is 19.1. The van der Waals surface area contributed by atoms with Crippen LogP contribution in [0.25, 0.3) is 0 Å². The Kier molecular flexibility index (Phi) is 7.87. The highest BCUT2D eigenvalue weighted by Crippen LogP contribution is 2.26. The molecule has 0 bridgehead atoms. The van der Waals surface area contributed by atoms with E-state index < -0.39 is 0 Å². The molecule has 1 unspecified atom stereocenters. The first-order valence-electron chi connectivity index (χ1n) is 7.18. The molecule has 1 aliphatic carbocycles. The predicted octanol–water partition coefficient (Wildman–Crippen LogP) is 3.49. The van der Waals surface area contributed by atoms with Crippen molar-refractivity contribution in [2.75, 3.05) is 13.2 Å². The number of ether oxygens (including phenoxy) is 1. The van der Waals surface area contributed by atoms with Gasteiger partial charge in [0.2, 0.25) is 0 Å². The van der Waals surface area contributed by atoms with E-state index in [1.165, 1.54) is 57.8 Å². The smallest absolute Gasteiger partial charge is 0.0620 e. The number of hydrogen-bond acceptors (Lipinski definition) is 2. The van der Waals surface area contributed by atoms with Crippen molar-refractivity contribution in [2.45, 2.75) is 70.8 Å². The van der Waals surface area contributed by atoms with Gasteiger partial charge in [0.05, 0.1) is 6.61 Å². The Labute approximate surface area is 101 Å². The van der Waals surface area contributed by atoms with Gasteiger partial charge in [-0.3, -0.25) is 0 Å². The maximum absolute atomic E-state index is 6.12. The molecule has 0 aromatic carbocycles. The average Bonchev–Trinajstić information content (AvgIpc) is 2.81. The fourth-order valence-electron chi connectivity index (χ4n) is 2.55. The quantitative estimate of drug-likeness (QED) is 0.612. The molecule has 0 heterocycles. The lowest BCUT2D eigenvalue weighted by Crippen LogP contribution is -2.33. The Balaban J connectivity index is 1.86. The molecule has 1 fully saturated rings. The zero-order valence-corrected chi connectivity index (χ0v) is 10.9. The van der Waals surface area contributed by atoms with Gasteiger partial charge in [-0.05, 0) is 25.2 Å². The number of hydrogen-bond donors (Lipinski definition) is 1. The van der Waals surface area contributed by atoms with E-state index >= 15 is 0 Å². The van der Waals surface area contributed by atoms with Crippen molar-refractivity contribution < 1.29 is 4.74 Å². The van der Waals surface area contributed by atoms with Gasteiger partial charge in [-0.1, -0.05) is 45.4 Å². The standard InChI is InChI=1S/C14H29NO/c1-2-3-4-5-8-11-16-12-14(15)13-9-6-7-10-13/h13-14H,2-12,15H2,1H3. The van der Waals surface area contributed by atoms with Crippen LogP contribution in [-0.4, -0.2) is 19.3 Å². The Morgan fingerprint density at radius 3 is 2.50 bits per heavy atom. The molecule has 0 aromatic heterocycles. The van der Waals surface area contributed by atoms with Crippen LogP contribution in [0, 0.1) is 5.92 Å². The lowest BCUT2D eigenvalue weighted by molar-refractivity contribution is 0.102. The molecule has 0 aliphatic heterocycles. The van der Waals surface area contributed by atoms with Crippen molar-refractivity contribution in [3.8, 4) is 0 Å². The topological polar surface area (TPSA) is 35.2 Å². The minimum atomic E-state index is 0.290. The second-order valence-corrected chi connectivity index (χ2v) is 5.20. The van der Waals surface area contributed by atoms with E-state index in [0.717, 1.165) is 19.1 Å². The van der Waals surface area contributed by atoms with Crippen LogP contribution < -0.4 is 5.73 Å². The molecule has 0 spiro atoms. The van der Waals surface area contributed by atoms with E-state index in [1.807, 2.05) is 0 Å². The summed E-state index contributed by atoms with van der Waals surface area (Å²) in [4.78, 5) is 0. The van der Waals surface area contributed by atoms with Crippen molar-refractivity contribution in [1.29, 1.82) is 0 Å². The average molecular weight is 227 g/mol. The first kappa shape index (κ1) is 14.0. The SMILES string of the molecule is CCCCCCCOCC(N)C1CCCC1. The van der Waals surface area contributed by atoms with Crippen LogP contribution >= 0.6 is 0 Å². The molecular formula is C14H29NO. The molecule has 1 atom stereocenters. The summed E-state index contributed by atoms with van der Waals surface area (Å²) < 4.78 is 5.66. The van der Waals surface area contributed by atoms with E-state index in [1.54, 1.807) is 0 Å². The van der Waals surface area contributed by atoms with Crippen LogP contribution in [-0.2, 0) is 4.74 Å². The predicted molar refractivity (Wildman–Crippen MR) is 69.5 cm³/mol. The summed E-state index contributed by atoms with van der Waals surface area (Å²) in [7, 11) is 0. The van der Waals surface area contributed by atoms with Gasteiger partial charge in [0.15, 0.2) is 0 Å². The molecule has 0 saturated heterocycles. The lowest BCUT2D eigenvalue weighted by atomic mass is 10.00. The summed E-state index contributed by atoms with van der Waals surface area (Å²) in [5, 5.41) is 0. The highest BCUT2D eigenvalue weighted by Gasteiger charge is 2.21. The maximum Gasteiger partial charge on any atom is 0.0620 e. The Hall–Kier alpha value is -0.0800. The summed E-state index contributed by atoms with van der Waals surface area (Å²) in [6.07, 6.45) is 11.9. The second-order valence-electron chi connectivity index (χ2n) is 5.20. The molecule has 0 amide bonds. The molecule has 0 aromatic rings. The number of rotatable bonds is 9. The lowest BCUT2D eigenvalue weighted by Gasteiger charge is -2.18. The minimum Gasteiger partial charge on any atom is -0.380 e. The molecule has 1 rings (SSSR count). The van der Waals surface area contributed by atoms with Gasteiger partial charge in [-0.2, -0.15) is 0 Å². The molecule has 96 valence electrons. The van der Waals surface area contributed by atoms with E-state index in [9.17, 15) is 0 Å². The largest absolute Gasteiger partial charge is 0.380 e. The van der Waals surface area contributed by atoms with Gasteiger partial charge >= 0.3 is 0 Å². The third-order valence-electron chi connectivity index (χ3n) is 3.71. The zero-order valence-electron chi connectivity index (χ0n) is 10.9.